The molecule has 0 bridgehead atoms. The monoisotopic (exact) mass is 218 g/mol. The minimum absolute atomic E-state index is 0.0814. The molecule has 0 unspecified atom stereocenters. The van der Waals surface area contributed by atoms with Crippen LogP contribution in [-0.2, 0) is 9.53 Å². The molecular weight excluding hydrogens is 200 g/mol. The largest absolute Gasteiger partial charge is 0.392 e. The molecule has 0 rings (SSSR count). The molecule has 82 valence electrons. The standard InChI is InChI=1S/C9H18N2O2S/c1-9(2,7(10)14)8(12)11(3)5-6-13-4/h5-6H2,1-4H3,(H2,10,14). The maximum atomic E-state index is 11.8. The maximum Gasteiger partial charge on any atom is 0.234 e. The topological polar surface area (TPSA) is 55.6 Å². The molecule has 0 aromatic rings. The van der Waals surface area contributed by atoms with E-state index in [2.05, 4.69) is 0 Å². The first-order valence-electron chi connectivity index (χ1n) is 4.38. The predicted molar refractivity (Wildman–Crippen MR) is 60.1 cm³/mol. The molecule has 0 aliphatic heterocycles. The van der Waals surface area contributed by atoms with Crippen molar-refractivity contribution in [3.63, 3.8) is 0 Å². The van der Waals surface area contributed by atoms with E-state index in [1.54, 1.807) is 32.9 Å². The number of carbonyl (C=O) groups excluding carboxylic acids is 1. The van der Waals surface area contributed by atoms with Crippen LogP contribution in [0.2, 0.25) is 0 Å². The fraction of sp³-hybridized carbons (Fsp3) is 0.778. The van der Waals surface area contributed by atoms with Gasteiger partial charge in [0.2, 0.25) is 5.91 Å². The molecule has 0 aromatic carbocycles. The van der Waals surface area contributed by atoms with E-state index in [9.17, 15) is 4.79 Å². The number of hydrogen-bond donors (Lipinski definition) is 1. The van der Waals surface area contributed by atoms with Crippen LogP contribution in [-0.4, -0.2) is 43.1 Å². The summed E-state index contributed by atoms with van der Waals surface area (Å²) in [6, 6.07) is 0. The molecule has 0 saturated carbocycles. The van der Waals surface area contributed by atoms with E-state index >= 15 is 0 Å². The minimum Gasteiger partial charge on any atom is -0.392 e. The molecular formula is C9H18N2O2S. The van der Waals surface area contributed by atoms with Gasteiger partial charge in [0.05, 0.1) is 17.0 Å². The van der Waals surface area contributed by atoms with Gasteiger partial charge >= 0.3 is 0 Å². The Morgan fingerprint density at radius 3 is 2.43 bits per heavy atom. The summed E-state index contributed by atoms with van der Waals surface area (Å²) in [7, 11) is 3.30. The zero-order valence-corrected chi connectivity index (χ0v) is 9.98. The highest BCUT2D eigenvalue weighted by Crippen LogP contribution is 2.18. The Kier molecular flexibility index (Phi) is 5.01. The summed E-state index contributed by atoms with van der Waals surface area (Å²) in [4.78, 5) is 13.6. The number of methoxy groups -OCH3 is 1. The summed E-state index contributed by atoms with van der Waals surface area (Å²) in [5, 5.41) is 0. The van der Waals surface area contributed by atoms with Crippen molar-refractivity contribution in [2.45, 2.75) is 13.8 Å². The van der Waals surface area contributed by atoms with Gasteiger partial charge in [0, 0.05) is 20.7 Å². The summed E-state index contributed by atoms with van der Waals surface area (Å²) in [5.41, 5.74) is 4.71. The fourth-order valence-electron chi connectivity index (χ4n) is 0.912. The second-order valence-corrected chi connectivity index (χ2v) is 4.15. The smallest absolute Gasteiger partial charge is 0.234 e. The van der Waals surface area contributed by atoms with Crippen LogP contribution >= 0.6 is 12.2 Å². The van der Waals surface area contributed by atoms with Gasteiger partial charge in [-0.15, -0.1) is 0 Å². The third-order valence-corrected chi connectivity index (χ3v) is 2.64. The molecule has 0 fully saturated rings. The predicted octanol–water partition coefficient (Wildman–Crippen LogP) is 0.404. The third-order valence-electron chi connectivity index (χ3n) is 2.13. The Balaban J connectivity index is 4.38. The Bertz CT molecular complexity index is 229. The van der Waals surface area contributed by atoms with E-state index < -0.39 is 5.41 Å². The number of ether oxygens (including phenoxy) is 1. The second kappa shape index (κ2) is 5.26. The quantitative estimate of drug-likeness (QED) is 0.679. The van der Waals surface area contributed by atoms with Crippen LogP contribution < -0.4 is 5.73 Å². The Hall–Kier alpha value is -0.680. The number of nitrogens with two attached hydrogens (primary N) is 1. The Morgan fingerprint density at radius 1 is 1.57 bits per heavy atom. The van der Waals surface area contributed by atoms with Crippen molar-refractivity contribution in [3.8, 4) is 0 Å². The molecule has 0 aliphatic carbocycles. The molecule has 0 spiro atoms. The summed E-state index contributed by atoms with van der Waals surface area (Å²) >= 11 is 4.84. The van der Waals surface area contributed by atoms with Crippen molar-refractivity contribution >= 4 is 23.1 Å². The van der Waals surface area contributed by atoms with Gasteiger partial charge in [0.15, 0.2) is 0 Å². The zero-order valence-electron chi connectivity index (χ0n) is 9.16. The molecule has 1 amide bonds. The molecule has 4 nitrogen and oxygen atoms in total. The number of rotatable bonds is 5. The number of nitrogens with zero attached hydrogens (tertiary/aromatic N) is 1. The molecule has 2 N–H and O–H groups in total. The first-order chi connectivity index (χ1) is 6.34. The lowest BCUT2D eigenvalue weighted by molar-refractivity contribution is -0.136. The lowest BCUT2D eigenvalue weighted by Crippen LogP contribution is -2.46. The van der Waals surface area contributed by atoms with Crippen molar-refractivity contribution in [1.82, 2.24) is 4.90 Å². The highest BCUT2D eigenvalue weighted by molar-refractivity contribution is 7.80. The summed E-state index contributed by atoms with van der Waals surface area (Å²) in [5.74, 6) is -0.0814. The average Bonchev–Trinajstić information content (AvgIpc) is 2.12. The van der Waals surface area contributed by atoms with E-state index in [-0.39, 0.29) is 10.9 Å². The van der Waals surface area contributed by atoms with E-state index in [0.717, 1.165) is 0 Å². The molecule has 0 radical (unpaired) electrons. The van der Waals surface area contributed by atoms with Crippen molar-refractivity contribution in [2.24, 2.45) is 11.1 Å². The van der Waals surface area contributed by atoms with Gasteiger partial charge in [-0.25, -0.2) is 0 Å². The van der Waals surface area contributed by atoms with Crippen molar-refractivity contribution < 1.29 is 9.53 Å². The fourth-order valence-corrected chi connectivity index (χ4v) is 1.000. The molecule has 0 atom stereocenters. The van der Waals surface area contributed by atoms with Crippen LogP contribution in [0.3, 0.4) is 0 Å². The molecule has 0 aromatic heterocycles. The van der Waals surface area contributed by atoms with Crippen LogP contribution in [0.15, 0.2) is 0 Å². The van der Waals surface area contributed by atoms with Gasteiger partial charge in [0.1, 0.15) is 0 Å². The second-order valence-electron chi connectivity index (χ2n) is 3.71. The van der Waals surface area contributed by atoms with Crippen LogP contribution in [0.4, 0.5) is 0 Å². The number of amides is 1. The number of thiocarbonyl (C=S) groups is 1. The lowest BCUT2D eigenvalue weighted by atomic mass is 9.92. The van der Waals surface area contributed by atoms with E-state index in [1.807, 2.05) is 0 Å². The molecule has 5 heteroatoms. The van der Waals surface area contributed by atoms with Crippen LogP contribution in [0, 0.1) is 5.41 Å². The number of carbonyl (C=O) groups is 1. The molecule has 14 heavy (non-hydrogen) atoms. The molecule has 0 heterocycles. The highest BCUT2D eigenvalue weighted by Gasteiger charge is 2.33. The molecule has 0 saturated heterocycles. The molecule has 0 aliphatic rings. The maximum absolute atomic E-state index is 11.8. The first kappa shape index (κ1) is 13.3. The van der Waals surface area contributed by atoms with Crippen LogP contribution in [0.5, 0.6) is 0 Å². The van der Waals surface area contributed by atoms with Crippen molar-refractivity contribution in [2.75, 3.05) is 27.3 Å². The van der Waals surface area contributed by atoms with E-state index in [4.69, 9.17) is 22.7 Å². The average molecular weight is 218 g/mol. The lowest BCUT2D eigenvalue weighted by Gasteiger charge is -2.28. The Labute approximate surface area is 90.4 Å². The highest BCUT2D eigenvalue weighted by atomic mass is 32.1. The van der Waals surface area contributed by atoms with E-state index in [1.165, 1.54) is 0 Å². The summed E-state index contributed by atoms with van der Waals surface area (Å²) in [6.07, 6.45) is 0. The third kappa shape index (κ3) is 3.23. The van der Waals surface area contributed by atoms with Gasteiger partial charge < -0.3 is 15.4 Å². The SMILES string of the molecule is COCCN(C)C(=O)C(C)(C)C(N)=S. The zero-order chi connectivity index (χ0) is 11.4. The number of likely N-dealkylation sites (N-methyl/N-ethyl adjacent to an activating group) is 1. The van der Waals surface area contributed by atoms with Gasteiger partial charge in [-0.1, -0.05) is 12.2 Å². The van der Waals surface area contributed by atoms with Crippen molar-refractivity contribution in [3.05, 3.63) is 0 Å². The minimum atomic E-state index is -0.780. The van der Waals surface area contributed by atoms with Crippen LogP contribution in [0.1, 0.15) is 13.8 Å². The van der Waals surface area contributed by atoms with Crippen LogP contribution in [0.25, 0.3) is 0 Å². The van der Waals surface area contributed by atoms with E-state index in [0.29, 0.717) is 13.2 Å². The van der Waals surface area contributed by atoms with Gasteiger partial charge in [-0.2, -0.15) is 0 Å². The van der Waals surface area contributed by atoms with Gasteiger partial charge in [0.25, 0.3) is 0 Å². The summed E-state index contributed by atoms with van der Waals surface area (Å²) < 4.78 is 4.88. The number of hydrogen-bond acceptors (Lipinski definition) is 3. The first-order valence-corrected chi connectivity index (χ1v) is 4.79. The van der Waals surface area contributed by atoms with Gasteiger partial charge in [-0.3, -0.25) is 4.79 Å². The van der Waals surface area contributed by atoms with Crippen molar-refractivity contribution in [1.29, 1.82) is 0 Å². The normalized spacial score (nSPS) is 11.1. The Morgan fingerprint density at radius 2 is 2.07 bits per heavy atom. The summed E-state index contributed by atoms with van der Waals surface area (Å²) in [6.45, 7) is 4.50. The van der Waals surface area contributed by atoms with Gasteiger partial charge in [-0.05, 0) is 13.8 Å².